The first-order valence-corrected chi connectivity index (χ1v) is 10.9. The van der Waals surface area contributed by atoms with Gasteiger partial charge < -0.3 is 20.5 Å². The number of ether oxygens (including phenoxy) is 1. The van der Waals surface area contributed by atoms with E-state index in [0.717, 1.165) is 18.4 Å². The normalized spacial score (nSPS) is 17.6. The van der Waals surface area contributed by atoms with Gasteiger partial charge in [-0.25, -0.2) is 0 Å². The summed E-state index contributed by atoms with van der Waals surface area (Å²) in [5, 5.41) is 28.0. The van der Waals surface area contributed by atoms with Gasteiger partial charge in [-0.3, -0.25) is 10.4 Å². The van der Waals surface area contributed by atoms with Gasteiger partial charge in [0.05, 0.1) is 30.3 Å². The van der Waals surface area contributed by atoms with Gasteiger partial charge >= 0.3 is 0 Å². The number of halogens is 1. The van der Waals surface area contributed by atoms with Crippen molar-refractivity contribution in [2.45, 2.75) is 19.3 Å². The first kappa shape index (κ1) is 23.6. The number of benzene rings is 1. The number of likely N-dealkylation sites (tertiary alicyclic amines) is 1. The summed E-state index contributed by atoms with van der Waals surface area (Å²) in [7, 11) is 1.58. The molecule has 0 unspecified atom stereocenters. The van der Waals surface area contributed by atoms with E-state index < -0.39 is 0 Å². The van der Waals surface area contributed by atoms with Crippen LogP contribution >= 0.6 is 11.6 Å². The van der Waals surface area contributed by atoms with Crippen molar-refractivity contribution in [3.63, 3.8) is 0 Å². The number of rotatable bonds is 6. The molecule has 0 atom stereocenters. The van der Waals surface area contributed by atoms with Crippen molar-refractivity contribution in [3.8, 4) is 6.07 Å². The van der Waals surface area contributed by atoms with Crippen molar-refractivity contribution in [2.75, 3.05) is 33.4 Å². The van der Waals surface area contributed by atoms with Gasteiger partial charge in [-0.15, -0.1) is 0 Å². The number of nitriles is 1. The summed E-state index contributed by atoms with van der Waals surface area (Å²) in [6, 6.07) is 7.26. The van der Waals surface area contributed by atoms with E-state index in [-0.39, 0.29) is 18.4 Å². The van der Waals surface area contributed by atoms with Crippen LogP contribution in [0.5, 0.6) is 0 Å². The van der Waals surface area contributed by atoms with Crippen molar-refractivity contribution < 1.29 is 9.84 Å². The zero-order chi connectivity index (χ0) is 23.1. The predicted molar refractivity (Wildman–Crippen MR) is 127 cm³/mol. The highest BCUT2D eigenvalue weighted by Gasteiger charge is 2.23. The van der Waals surface area contributed by atoms with Gasteiger partial charge in [-0.2, -0.15) is 5.26 Å². The van der Waals surface area contributed by atoms with Crippen LogP contribution < -0.4 is 5.73 Å². The Kier molecular flexibility index (Phi) is 8.09. The highest BCUT2D eigenvalue weighted by molar-refractivity contribution is 6.32. The molecule has 8 heteroatoms. The Balaban J connectivity index is 1.83. The third kappa shape index (κ3) is 5.58. The maximum Gasteiger partial charge on any atom is 0.133 e. The molecule has 1 fully saturated rings. The molecule has 4 N–H and O–H groups in total. The van der Waals surface area contributed by atoms with E-state index in [1.807, 2.05) is 17.1 Å². The number of piperidine rings is 1. The van der Waals surface area contributed by atoms with Crippen molar-refractivity contribution >= 4 is 23.3 Å². The van der Waals surface area contributed by atoms with Gasteiger partial charge in [0.2, 0.25) is 0 Å². The SMILES string of the molecule is COC1=CCC=C(CN=C(N)c2cc(C#N)ccc2C(=N)N2CCC(CO)CC2)C=C1Cl. The lowest BCUT2D eigenvalue weighted by molar-refractivity contribution is 0.166. The fraction of sp³-hybridized carbons (Fsp3) is 0.375. The fourth-order valence-electron chi connectivity index (χ4n) is 3.80. The van der Waals surface area contributed by atoms with Gasteiger partial charge in [0, 0.05) is 30.8 Å². The van der Waals surface area contributed by atoms with Crippen molar-refractivity contribution in [3.05, 3.63) is 69.5 Å². The summed E-state index contributed by atoms with van der Waals surface area (Å²) in [4.78, 5) is 6.52. The Morgan fingerprint density at radius 3 is 2.75 bits per heavy atom. The number of aliphatic hydroxyl groups excluding tert-OH is 1. The standard InChI is InChI=1S/C24H28ClN5O2/c1-32-22-4-2-3-18(12-21(22)25)14-29-23(27)20-11-17(13-26)5-6-19(20)24(28)30-9-7-16(15-31)8-10-30/h3-6,11-12,16,28,31H,2,7-10,14-15H2,1H3,(H2,27,29). The summed E-state index contributed by atoms with van der Waals surface area (Å²) in [6.45, 7) is 1.90. The van der Waals surface area contributed by atoms with Crippen LogP contribution in [0.2, 0.25) is 0 Å². The second-order valence-electron chi connectivity index (χ2n) is 7.81. The molecule has 0 bridgehead atoms. The summed E-state index contributed by atoms with van der Waals surface area (Å²) < 4.78 is 5.26. The van der Waals surface area contributed by atoms with Crippen LogP contribution in [0.1, 0.15) is 36.0 Å². The fourth-order valence-corrected chi connectivity index (χ4v) is 4.10. The highest BCUT2D eigenvalue weighted by atomic mass is 35.5. The van der Waals surface area contributed by atoms with Crippen LogP contribution in [0, 0.1) is 22.7 Å². The molecule has 1 aliphatic carbocycles. The maximum absolute atomic E-state index is 9.37. The molecule has 1 aliphatic heterocycles. The third-order valence-corrected chi connectivity index (χ3v) is 6.05. The molecule has 0 spiro atoms. The molecule has 0 radical (unpaired) electrons. The Morgan fingerprint density at radius 1 is 1.34 bits per heavy atom. The van der Waals surface area contributed by atoms with E-state index >= 15 is 0 Å². The zero-order valence-corrected chi connectivity index (χ0v) is 18.9. The quantitative estimate of drug-likeness (QED) is 0.451. The van der Waals surface area contributed by atoms with E-state index in [1.54, 1.807) is 31.4 Å². The Morgan fingerprint density at radius 2 is 2.09 bits per heavy atom. The molecule has 0 amide bonds. The molecule has 1 heterocycles. The lowest BCUT2D eigenvalue weighted by Gasteiger charge is -2.33. The monoisotopic (exact) mass is 453 g/mol. The minimum absolute atomic E-state index is 0.179. The van der Waals surface area contributed by atoms with Crippen LogP contribution in [0.15, 0.2) is 57.8 Å². The van der Waals surface area contributed by atoms with E-state index in [1.165, 1.54) is 0 Å². The summed E-state index contributed by atoms with van der Waals surface area (Å²) in [5.74, 6) is 1.52. The van der Waals surface area contributed by atoms with Crippen molar-refractivity contribution in [2.24, 2.45) is 16.6 Å². The molecule has 1 aromatic rings. The van der Waals surface area contributed by atoms with E-state index in [0.29, 0.717) is 59.4 Å². The van der Waals surface area contributed by atoms with Gasteiger partial charge in [-0.05, 0) is 61.1 Å². The number of hydrogen-bond donors (Lipinski definition) is 3. The van der Waals surface area contributed by atoms with Gasteiger partial charge in [0.15, 0.2) is 0 Å². The summed E-state index contributed by atoms with van der Waals surface area (Å²) in [5.41, 5.74) is 8.92. The van der Waals surface area contributed by atoms with E-state index in [2.05, 4.69) is 11.1 Å². The second-order valence-corrected chi connectivity index (χ2v) is 8.22. The maximum atomic E-state index is 9.37. The van der Waals surface area contributed by atoms with Crippen LogP contribution in [-0.4, -0.2) is 55.0 Å². The number of aliphatic hydroxyl groups is 1. The largest absolute Gasteiger partial charge is 0.496 e. The Labute approximate surface area is 193 Å². The number of amidine groups is 2. The number of methoxy groups -OCH3 is 1. The second kappa shape index (κ2) is 11.0. The average molecular weight is 454 g/mol. The molecular weight excluding hydrogens is 426 g/mol. The van der Waals surface area contributed by atoms with Gasteiger partial charge in [0.1, 0.15) is 17.4 Å². The molecule has 7 nitrogen and oxygen atoms in total. The van der Waals surface area contributed by atoms with Crippen LogP contribution in [-0.2, 0) is 4.74 Å². The van der Waals surface area contributed by atoms with Crippen LogP contribution in [0.3, 0.4) is 0 Å². The zero-order valence-electron chi connectivity index (χ0n) is 18.1. The molecule has 0 aromatic heterocycles. The smallest absolute Gasteiger partial charge is 0.133 e. The topological polar surface area (TPSA) is 119 Å². The number of allylic oxidation sites excluding steroid dienone is 3. The molecule has 3 rings (SSSR count). The Hall–Kier alpha value is -3.08. The number of nitrogens with zero attached hydrogens (tertiary/aromatic N) is 3. The van der Waals surface area contributed by atoms with Crippen molar-refractivity contribution in [1.29, 1.82) is 10.7 Å². The summed E-state index contributed by atoms with van der Waals surface area (Å²) in [6.07, 6.45) is 8.06. The first-order chi connectivity index (χ1) is 15.5. The first-order valence-electron chi connectivity index (χ1n) is 10.6. The minimum atomic E-state index is 0.179. The van der Waals surface area contributed by atoms with E-state index in [4.69, 9.17) is 27.5 Å². The lowest BCUT2D eigenvalue weighted by Crippen LogP contribution is -2.40. The lowest BCUT2D eigenvalue weighted by atomic mass is 9.96. The summed E-state index contributed by atoms with van der Waals surface area (Å²) >= 11 is 6.29. The van der Waals surface area contributed by atoms with Crippen molar-refractivity contribution in [1.82, 2.24) is 4.90 Å². The number of nitrogens with one attached hydrogen (secondary N) is 1. The number of aliphatic imine (C=N–C) groups is 1. The molecule has 32 heavy (non-hydrogen) atoms. The molecule has 1 saturated heterocycles. The van der Waals surface area contributed by atoms with Crippen LogP contribution in [0.25, 0.3) is 0 Å². The average Bonchev–Trinajstić information content (AvgIpc) is 3.02. The van der Waals surface area contributed by atoms with Gasteiger partial charge in [0.25, 0.3) is 0 Å². The molecule has 1 aromatic carbocycles. The number of nitrogens with two attached hydrogens (primary N) is 1. The molecule has 0 saturated carbocycles. The highest BCUT2D eigenvalue weighted by Crippen LogP contribution is 2.23. The molecule has 2 aliphatic rings. The third-order valence-electron chi connectivity index (χ3n) is 5.75. The predicted octanol–water partition coefficient (Wildman–Crippen LogP) is 3.28. The molecule has 168 valence electrons. The van der Waals surface area contributed by atoms with Crippen LogP contribution in [0.4, 0.5) is 0 Å². The van der Waals surface area contributed by atoms with Gasteiger partial charge in [-0.1, -0.05) is 17.7 Å². The molecular formula is C24H28ClN5O2. The van der Waals surface area contributed by atoms with E-state index in [9.17, 15) is 10.4 Å². The Bertz CT molecular complexity index is 1030. The number of hydrogen-bond acceptors (Lipinski definition) is 5. The minimum Gasteiger partial charge on any atom is -0.496 e.